The molecule has 2 heterocycles. The van der Waals surface area contributed by atoms with Crippen molar-refractivity contribution in [2.24, 2.45) is 0 Å². The normalized spacial score (nSPS) is 11.5. The summed E-state index contributed by atoms with van der Waals surface area (Å²) in [5, 5.41) is 23.8. The number of aryl methyl sites for hydroxylation is 1. The molecule has 0 aliphatic rings. The topological polar surface area (TPSA) is 53.8 Å². The van der Waals surface area contributed by atoms with Crippen LogP contribution >= 0.6 is 0 Å². The van der Waals surface area contributed by atoms with Gasteiger partial charge in [-0.1, -0.05) is 30.3 Å². The second-order valence-electron chi connectivity index (χ2n) is 7.83. The van der Waals surface area contributed by atoms with E-state index >= 15 is 0 Å². The van der Waals surface area contributed by atoms with Crippen LogP contribution in [0.4, 0.5) is 0 Å². The van der Waals surface area contributed by atoms with Crippen molar-refractivity contribution in [2.45, 2.75) is 20.1 Å². The molecule has 0 unspecified atom stereocenters. The van der Waals surface area contributed by atoms with Gasteiger partial charge in [0.15, 0.2) is 11.9 Å². The standard InChI is InChI=1S/C27H24NO3/c1-17-23-11-22(16-30)21(15-29)10-20(23)12-26-24-14-25(18-6-4-3-5-7-18)27(31-2)13-19(24)8-9-28(17)26/h3-14,29-30H,15-16H2,1-2H3/q+1. The third-order valence-electron chi connectivity index (χ3n) is 6.15. The molecular weight excluding hydrogens is 386 g/mol. The van der Waals surface area contributed by atoms with Gasteiger partial charge in [-0.3, -0.25) is 0 Å². The lowest BCUT2D eigenvalue weighted by molar-refractivity contribution is -0.516. The van der Waals surface area contributed by atoms with Crippen molar-refractivity contribution >= 4 is 27.1 Å². The molecular formula is C27H24NO3+. The average Bonchev–Trinajstić information content (AvgIpc) is 2.83. The van der Waals surface area contributed by atoms with Gasteiger partial charge in [-0.15, -0.1) is 0 Å². The van der Waals surface area contributed by atoms with Crippen LogP contribution in [0.2, 0.25) is 0 Å². The van der Waals surface area contributed by atoms with Crippen LogP contribution in [-0.4, -0.2) is 17.3 Å². The third kappa shape index (κ3) is 3.12. The van der Waals surface area contributed by atoms with Crippen molar-refractivity contribution in [3.63, 3.8) is 0 Å². The molecule has 4 nitrogen and oxygen atoms in total. The molecule has 0 aliphatic carbocycles. The number of aromatic nitrogens is 1. The Hall–Kier alpha value is -3.47. The fraction of sp³-hybridized carbons (Fsp3) is 0.148. The van der Waals surface area contributed by atoms with E-state index in [0.717, 1.165) is 60.8 Å². The first-order valence-electron chi connectivity index (χ1n) is 10.3. The van der Waals surface area contributed by atoms with Crippen molar-refractivity contribution < 1.29 is 19.4 Å². The summed E-state index contributed by atoms with van der Waals surface area (Å²) in [5.41, 5.74) is 5.85. The highest BCUT2D eigenvalue weighted by molar-refractivity contribution is 6.01. The lowest BCUT2D eigenvalue weighted by atomic mass is 9.97. The van der Waals surface area contributed by atoms with Crippen molar-refractivity contribution in [2.75, 3.05) is 7.11 Å². The Balaban J connectivity index is 1.88. The molecule has 0 saturated heterocycles. The first-order valence-corrected chi connectivity index (χ1v) is 10.3. The SMILES string of the molecule is COc1cc2cc[n+]3c(C)c4cc(CO)c(CO)cc4cc3c2cc1-c1ccccc1. The van der Waals surface area contributed by atoms with E-state index in [4.69, 9.17) is 4.74 Å². The van der Waals surface area contributed by atoms with Gasteiger partial charge in [-0.2, -0.15) is 4.40 Å². The van der Waals surface area contributed by atoms with Crippen molar-refractivity contribution in [1.82, 2.24) is 0 Å². The Morgan fingerprint density at radius 2 is 1.55 bits per heavy atom. The molecule has 0 aliphatic heterocycles. The van der Waals surface area contributed by atoms with E-state index in [0.29, 0.717) is 0 Å². The minimum atomic E-state index is -0.0963. The summed E-state index contributed by atoms with van der Waals surface area (Å²) in [6.07, 6.45) is 2.08. The molecule has 154 valence electrons. The molecule has 0 radical (unpaired) electrons. The number of hydrogen-bond acceptors (Lipinski definition) is 3. The van der Waals surface area contributed by atoms with Gasteiger partial charge in [-0.25, -0.2) is 0 Å². The first kappa shape index (κ1) is 19.5. The van der Waals surface area contributed by atoms with E-state index in [9.17, 15) is 10.2 Å². The summed E-state index contributed by atoms with van der Waals surface area (Å²) in [5.74, 6) is 0.843. The largest absolute Gasteiger partial charge is 0.496 e. The molecule has 0 saturated carbocycles. The smallest absolute Gasteiger partial charge is 0.219 e. The molecule has 4 heteroatoms. The van der Waals surface area contributed by atoms with Crippen molar-refractivity contribution in [3.05, 3.63) is 89.7 Å². The molecule has 2 aromatic heterocycles. The van der Waals surface area contributed by atoms with Crippen LogP contribution in [0.5, 0.6) is 5.75 Å². The number of pyridine rings is 2. The van der Waals surface area contributed by atoms with E-state index < -0.39 is 0 Å². The lowest BCUT2D eigenvalue weighted by Crippen LogP contribution is -2.25. The summed E-state index contributed by atoms with van der Waals surface area (Å²) in [6, 6.07) is 22.8. The number of methoxy groups -OCH3 is 1. The molecule has 0 spiro atoms. The summed E-state index contributed by atoms with van der Waals surface area (Å²) >= 11 is 0. The van der Waals surface area contributed by atoms with Gasteiger partial charge in [0.05, 0.1) is 25.7 Å². The number of nitrogens with zero attached hydrogens (tertiary/aromatic N) is 1. The minimum Gasteiger partial charge on any atom is -0.496 e. The number of aliphatic hydroxyl groups is 2. The second-order valence-corrected chi connectivity index (χ2v) is 7.83. The Bertz CT molecular complexity index is 1440. The fourth-order valence-corrected chi connectivity index (χ4v) is 4.48. The molecule has 0 atom stereocenters. The Morgan fingerprint density at radius 1 is 0.806 bits per heavy atom. The maximum Gasteiger partial charge on any atom is 0.219 e. The van der Waals surface area contributed by atoms with Crippen LogP contribution in [-0.2, 0) is 13.2 Å². The van der Waals surface area contributed by atoms with Crippen LogP contribution < -0.4 is 9.14 Å². The highest BCUT2D eigenvalue weighted by Crippen LogP contribution is 2.35. The maximum absolute atomic E-state index is 9.75. The van der Waals surface area contributed by atoms with Gasteiger partial charge < -0.3 is 14.9 Å². The van der Waals surface area contributed by atoms with Gasteiger partial charge >= 0.3 is 0 Å². The summed E-state index contributed by atoms with van der Waals surface area (Å²) in [4.78, 5) is 0. The van der Waals surface area contributed by atoms with Crippen molar-refractivity contribution in [3.8, 4) is 16.9 Å². The van der Waals surface area contributed by atoms with Crippen molar-refractivity contribution in [1.29, 1.82) is 0 Å². The van der Waals surface area contributed by atoms with Crippen LogP contribution in [0.3, 0.4) is 0 Å². The maximum atomic E-state index is 9.75. The zero-order valence-electron chi connectivity index (χ0n) is 17.6. The molecule has 5 aromatic rings. The predicted molar refractivity (Wildman–Crippen MR) is 123 cm³/mol. The molecule has 5 rings (SSSR count). The highest BCUT2D eigenvalue weighted by Gasteiger charge is 2.18. The predicted octanol–water partition coefficient (Wildman–Crippen LogP) is 4.70. The van der Waals surface area contributed by atoms with E-state index in [1.807, 2.05) is 30.3 Å². The molecule has 0 amide bonds. The van der Waals surface area contributed by atoms with Gasteiger partial charge in [0.2, 0.25) is 5.52 Å². The zero-order chi connectivity index (χ0) is 21.5. The van der Waals surface area contributed by atoms with Gasteiger partial charge in [0.1, 0.15) is 5.75 Å². The summed E-state index contributed by atoms with van der Waals surface area (Å²) < 4.78 is 7.90. The van der Waals surface area contributed by atoms with E-state index in [-0.39, 0.29) is 13.2 Å². The first-order chi connectivity index (χ1) is 15.1. The Labute approximate surface area is 180 Å². The third-order valence-corrected chi connectivity index (χ3v) is 6.15. The highest BCUT2D eigenvalue weighted by atomic mass is 16.5. The van der Waals surface area contributed by atoms with Crippen LogP contribution in [0.25, 0.3) is 38.2 Å². The molecule has 0 fully saturated rings. The molecule has 0 bridgehead atoms. The van der Waals surface area contributed by atoms with Crippen LogP contribution in [0.1, 0.15) is 16.8 Å². The number of ether oxygens (including phenoxy) is 1. The minimum absolute atomic E-state index is 0.0913. The molecule has 3 aromatic carbocycles. The molecule has 2 N–H and O–H groups in total. The number of aliphatic hydroxyl groups excluding tert-OH is 2. The summed E-state index contributed by atoms with van der Waals surface area (Å²) in [7, 11) is 1.70. The van der Waals surface area contributed by atoms with Crippen LogP contribution in [0, 0.1) is 6.92 Å². The second kappa shape index (κ2) is 7.65. The number of fused-ring (bicyclic) bond motifs is 4. The lowest BCUT2D eigenvalue weighted by Gasteiger charge is -2.12. The Kier molecular flexibility index (Phi) is 4.81. The molecule has 31 heavy (non-hydrogen) atoms. The average molecular weight is 410 g/mol. The Morgan fingerprint density at radius 3 is 2.26 bits per heavy atom. The quantitative estimate of drug-likeness (QED) is 0.257. The number of hydrogen-bond donors (Lipinski definition) is 2. The zero-order valence-corrected chi connectivity index (χ0v) is 17.6. The van der Waals surface area contributed by atoms with Crippen LogP contribution in [0.15, 0.2) is 72.9 Å². The van der Waals surface area contributed by atoms with E-state index in [2.05, 4.69) is 53.9 Å². The monoisotopic (exact) mass is 410 g/mol. The number of benzene rings is 3. The number of rotatable bonds is 4. The fourth-order valence-electron chi connectivity index (χ4n) is 4.48. The van der Waals surface area contributed by atoms with Gasteiger partial charge in [0.25, 0.3) is 0 Å². The van der Waals surface area contributed by atoms with Gasteiger partial charge in [0, 0.05) is 30.0 Å². The summed E-state index contributed by atoms with van der Waals surface area (Å²) in [6.45, 7) is 1.90. The van der Waals surface area contributed by atoms with E-state index in [1.165, 1.54) is 0 Å². The van der Waals surface area contributed by atoms with E-state index in [1.54, 1.807) is 7.11 Å². The van der Waals surface area contributed by atoms with Gasteiger partial charge in [-0.05, 0) is 51.7 Å².